The normalized spacial score (nSPS) is 12.7. The van der Waals surface area contributed by atoms with Crippen molar-refractivity contribution < 1.29 is 13.2 Å². The van der Waals surface area contributed by atoms with Crippen molar-refractivity contribution in [3.05, 3.63) is 11.6 Å². The third-order valence-electron chi connectivity index (χ3n) is 1.09. The average molecular weight is 152 g/mol. The highest BCUT2D eigenvalue weighted by Crippen LogP contribution is 2.05. The lowest BCUT2D eigenvalue weighted by atomic mass is 10.2. The van der Waals surface area contributed by atoms with Crippen molar-refractivity contribution >= 4 is 0 Å². The van der Waals surface area contributed by atoms with Crippen LogP contribution in [0.5, 0.6) is 0 Å². The van der Waals surface area contributed by atoms with Crippen LogP contribution in [0, 0.1) is 0 Å². The van der Waals surface area contributed by atoms with Gasteiger partial charge in [0.05, 0.1) is 0 Å². The molecule has 0 heterocycles. The van der Waals surface area contributed by atoms with Crippen LogP contribution in [0.2, 0.25) is 0 Å². The molecule has 0 spiro atoms. The second-order valence-electron chi connectivity index (χ2n) is 2.15. The number of alkyl halides is 3. The summed E-state index contributed by atoms with van der Waals surface area (Å²) in [6.07, 6.45) is -0.666. The fraction of sp³-hybridized carbons (Fsp3) is 0.714. The van der Waals surface area contributed by atoms with Crippen LogP contribution in [0.15, 0.2) is 11.6 Å². The smallest absolute Gasteiger partial charge is 0.238 e. The van der Waals surface area contributed by atoms with E-state index in [0.717, 1.165) is 0 Å². The summed E-state index contributed by atoms with van der Waals surface area (Å²) in [6, 6.07) is 0. The van der Waals surface area contributed by atoms with E-state index in [1.165, 1.54) is 6.08 Å². The zero-order valence-electron chi connectivity index (χ0n) is 5.91. The van der Waals surface area contributed by atoms with Gasteiger partial charge in [0.25, 0.3) is 0 Å². The Morgan fingerprint density at radius 3 is 2.50 bits per heavy atom. The van der Waals surface area contributed by atoms with Crippen molar-refractivity contribution in [1.82, 2.24) is 0 Å². The molecule has 0 atom stereocenters. The third-order valence-corrected chi connectivity index (χ3v) is 1.09. The van der Waals surface area contributed by atoms with Crippen LogP contribution in [0.1, 0.15) is 19.8 Å². The summed E-state index contributed by atoms with van der Waals surface area (Å²) in [5.74, 6) is 0. The molecule has 0 aromatic carbocycles. The molecule has 0 aliphatic rings. The van der Waals surface area contributed by atoms with Crippen LogP contribution in [0.4, 0.5) is 13.2 Å². The molecule has 0 radical (unpaired) electrons. The Bertz CT molecular complexity index is 107. The fourth-order valence-corrected chi connectivity index (χ4v) is 0.510. The Kier molecular flexibility index (Phi) is 5.08. The molecule has 0 aromatic heterocycles. The lowest BCUT2D eigenvalue weighted by Crippen LogP contribution is -1.88. The van der Waals surface area contributed by atoms with Gasteiger partial charge in [0, 0.05) is 6.42 Å². The standard InChI is InChI=1S/C7H11F3/c1-6(5-8)3-2-4-7(9)10/h3,7H,2,4-5H2,1H3/b6-3-. The molecule has 0 saturated carbocycles. The van der Waals surface area contributed by atoms with Gasteiger partial charge in [-0.15, -0.1) is 0 Å². The zero-order valence-corrected chi connectivity index (χ0v) is 5.91. The largest absolute Gasteiger partial charge is 0.246 e. The minimum absolute atomic E-state index is 0.169. The predicted octanol–water partition coefficient (Wildman–Crippen LogP) is 2.95. The van der Waals surface area contributed by atoms with E-state index in [0.29, 0.717) is 5.57 Å². The zero-order chi connectivity index (χ0) is 7.98. The monoisotopic (exact) mass is 152 g/mol. The van der Waals surface area contributed by atoms with E-state index >= 15 is 0 Å². The molecule has 0 unspecified atom stereocenters. The molecule has 60 valence electrons. The molecule has 0 bridgehead atoms. The SMILES string of the molecule is C/C(=C/CCC(F)F)CF. The topological polar surface area (TPSA) is 0 Å². The second-order valence-corrected chi connectivity index (χ2v) is 2.15. The van der Waals surface area contributed by atoms with Crippen molar-refractivity contribution in [2.75, 3.05) is 6.67 Å². The molecule has 0 aliphatic carbocycles. The Morgan fingerprint density at radius 1 is 1.50 bits per heavy atom. The summed E-state index contributed by atoms with van der Waals surface area (Å²) in [5, 5.41) is 0. The van der Waals surface area contributed by atoms with Gasteiger partial charge in [0.2, 0.25) is 6.43 Å². The first-order valence-electron chi connectivity index (χ1n) is 3.16. The molecule has 0 nitrogen and oxygen atoms in total. The molecular formula is C7H11F3. The van der Waals surface area contributed by atoms with Gasteiger partial charge in [-0.05, 0) is 18.9 Å². The van der Waals surface area contributed by atoms with Crippen LogP contribution < -0.4 is 0 Å². The van der Waals surface area contributed by atoms with E-state index in [4.69, 9.17) is 0 Å². The summed E-state index contributed by atoms with van der Waals surface area (Å²) in [6.45, 7) is 1.05. The van der Waals surface area contributed by atoms with E-state index in [-0.39, 0.29) is 12.8 Å². The van der Waals surface area contributed by atoms with Gasteiger partial charge in [-0.25, -0.2) is 13.2 Å². The Hall–Kier alpha value is -0.470. The molecule has 0 fully saturated rings. The maximum Gasteiger partial charge on any atom is 0.238 e. The minimum atomic E-state index is -2.27. The fourth-order valence-electron chi connectivity index (χ4n) is 0.510. The molecule has 0 aromatic rings. The summed E-state index contributed by atoms with van der Waals surface area (Å²) in [5.41, 5.74) is 0.528. The van der Waals surface area contributed by atoms with Crippen LogP contribution in [-0.2, 0) is 0 Å². The molecule has 0 saturated heterocycles. The quantitative estimate of drug-likeness (QED) is 0.543. The lowest BCUT2D eigenvalue weighted by Gasteiger charge is -1.94. The molecule has 0 aliphatic heterocycles. The summed E-state index contributed by atoms with van der Waals surface area (Å²) >= 11 is 0. The predicted molar refractivity (Wildman–Crippen MR) is 35.0 cm³/mol. The van der Waals surface area contributed by atoms with Crippen LogP contribution in [0.3, 0.4) is 0 Å². The molecule has 10 heavy (non-hydrogen) atoms. The van der Waals surface area contributed by atoms with E-state index in [1.54, 1.807) is 6.92 Å². The first-order valence-corrected chi connectivity index (χ1v) is 3.16. The van der Waals surface area contributed by atoms with Crippen molar-refractivity contribution in [3.8, 4) is 0 Å². The molecule has 3 heteroatoms. The third kappa shape index (κ3) is 5.66. The van der Waals surface area contributed by atoms with Gasteiger partial charge in [-0.1, -0.05) is 6.08 Å². The average Bonchev–Trinajstić information content (AvgIpc) is 1.87. The van der Waals surface area contributed by atoms with Crippen LogP contribution in [0.25, 0.3) is 0 Å². The summed E-state index contributed by atoms with van der Waals surface area (Å²) in [4.78, 5) is 0. The van der Waals surface area contributed by atoms with Crippen LogP contribution >= 0.6 is 0 Å². The van der Waals surface area contributed by atoms with Crippen molar-refractivity contribution in [1.29, 1.82) is 0 Å². The van der Waals surface area contributed by atoms with Crippen molar-refractivity contribution in [2.45, 2.75) is 26.2 Å². The van der Waals surface area contributed by atoms with Crippen LogP contribution in [-0.4, -0.2) is 13.1 Å². The van der Waals surface area contributed by atoms with Crippen molar-refractivity contribution in [3.63, 3.8) is 0 Å². The van der Waals surface area contributed by atoms with Gasteiger partial charge in [-0.2, -0.15) is 0 Å². The maximum atomic E-state index is 11.7. The first-order chi connectivity index (χ1) is 4.66. The van der Waals surface area contributed by atoms with Gasteiger partial charge >= 0.3 is 0 Å². The Labute approximate surface area is 58.7 Å². The highest BCUT2D eigenvalue weighted by Gasteiger charge is 1.98. The number of allylic oxidation sites excluding steroid dienone is 2. The first kappa shape index (κ1) is 9.53. The highest BCUT2D eigenvalue weighted by molar-refractivity contribution is 4.97. The van der Waals surface area contributed by atoms with E-state index < -0.39 is 13.1 Å². The number of hydrogen-bond acceptors (Lipinski definition) is 0. The molecule has 0 rings (SSSR count). The number of halogens is 3. The Morgan fingerprint density at radius 2 is 2.10 bits per heavy atom. The van der Waals surface area contributed by atoms with Gasteiger partial charge in [0.1, 0.15) is 6.67 Å². The molecule has 0 amide bonds. The Balaban J connectivity index is 3.34. The van der Waals surface area contributed by atoms with E-state index in [1.807, 2.05) is 0 Å². The van der Waals surface area contributed by atoms with Gasteiger partial charge in [-0.3, -0.25) is 0 Å². The number of rotatable bonds is 4. The van der Waals surface area contributed by atoms with Crippen molar-refractivity contribution in [2.24, 2.45) is 0 Å². The molecular weight excluding hydrogens is 141 g/mol. The second kappa shape index (κ2) is 5.33. The minimum Gasteiger partial charge on any atom is -0.246 e. The van der Waals surface area contributed by atoms with E-state index in [9.17, 15) is 13.2 Å². The summed E-state index contributed by atoms with van der Waals surface area (Å²) < 4.78 is 34.6. The number of hydrogen-bond donors (Lipinski definition) is 0. The van der Waals surface area contributed by atoms with E-state index in [2.05, 4.69) is 0 Å². The summed E-state index contributed by atoms with van der Waals surface area (Å²) in [7, 11) is 0. The molecule has 0 N–H and O–H groups in total. The van der Waals surface area contributed by atoms with Gasteiger partial charge < -0.3 is 0 Å². The lowest BCUT2D eigenvalue weighted by molar-refractivity contribution is 0.139. The maximum absolute atomic E-state index is 11.7. The highest BCUT2D eigenvalue weighted by atomic mass is 19.3. The van der Waals surface area contributed by atoms with Gasteiger partial charge in [0.15, 0.2) is 0 Å².